The molecule has 23 heavy (non-hydrogen) atoms. The highest BCUT2D eigenvalue weighted by Crippen LogP contribution is 2.25. The average Bonchev–Trinajstić information content (AvgIpc) is 2.76. The standard InChI is InChI=1S/C16H24N2O4S/c1-11-5-4-6-12(2)16(11)22-9-13(3)18-8-14(7-15(18)19)10-23(17,20)21/h4-6,13-14H,7-10H2,1-3H3,(H2,17,20,21). The fourth-order valence-corrected chi connectivity index (χ4v) is 3.88. The number of primary sulfonamides is 1. The Bertz CT molecular complexity index is 667. The fourth-order valence-electron chi connectivity index (χ4n) is 3.00. The van der Waals surface area contributed by atoms with Crippen molar-refractivity contribution in [2.45, 2.75) is 33.2 Å². The van der Waals surface area contributed by atoms with Crippen molar-refractivity contribution < 1.29 is 17.9 Å². The minimum Gasteiger partial charge on any atom is -0.491 e. The molecule has 0 radical (unpaired) electrons. The molecular formula is C16H24N2O4S. The second-order valence-electron chi connectivity index (χ2n) is 6.33. The summed E-state index contributed by atoms with van der Waals surface area (Å²) in [6, 6.07) is 5.82. The third-order valence-electron chi connectivity index (χ3n) is 4.12. The van der Waals surface area contributed by atoms with E-state index in [0.717, 1.165) is 16.9 Å². The molecule has 0 aromatic heterocycles. The summed E-state index contributed by atoms with van der Waals surface area (Å²) in [5, 5.41) is 5.07. The number of aryl methyl sites for hydroxylation is 2. The molecule has 1 saturated heterocycles. The smallest absolute Gasteiger partial charge is 0.223 e. The molecule has 1 aromatic carbocycles. The van der Waals surface area contributed by atoms with Crippen molar-refractivity contribution in [2.24, 2.45) is 11.1 Å². The largest absolute Gasteiger partial charge is 0.491 e. The number of para-hydroxylation sites is 1. The van der Waals surface area contributed by atoms with Crippen LogP contribution in [-0.4, -0.2) is 44.2 Å². The predicted molar refractivity (Wildman–Crippen MR) is 88.7 cm³/mol. The predicted octanol–water partition coefficient (Wildman–Crippen LogP) is 1.21. The zero-order chi connectivity index (χ0) is 17.2. The van der Waals surface area contributed by atoms with Crippen LogP contribution in [0.4, 0.5) is 0 Å². The molecule has 2 N–H and O–H groups in total. The van der Waals surface area contributed by atoms with E-state index in [2.05, 4.69) is 0 Å². The van der Waals surface area contributed by atoms with Gasteiger partial charge in [0, 0.05) is 18.9 Å². The van der Waals surface area contributed by atoms with Crippen molar-refractivity contribution in [3.8, 4) is 5.75 Å². The third-order valence-corrected chi connectivity index (χ3v) is 5.05. The number of nitrogens with zero attached hydrogens (tertiary/aromatic N) is 1. The number of rotatable bonds is 6. The summed E-state index contributed by atoms with van der Waals surface area (Å²) in [6.45, 7) is 6.66. The fraction of sp³-hybridized carbons (Fsp3) is 0.562. The SMILES string of the molecule is Cc1cccc(C)c1OCC(C)N1CC(CS(N)(=O)=O)CC1=O. The molecule has 0 bridgehead atoms. The normalized spacial score (nSPS) is 19.9. The van der Waals surface area contributed by atoms with Crippen molar-refractivity contribution in [1.82, 2.24) is 4.90 Å². The molecule has 0 saturated carbocycles. The lowest BCUT2D eigenvalue weighted by molar-refractivity contribution is -0.129. The molecule has 0 spiro atoms. The van der Waals surface area contributed by atoms with E-state index in [9.17, 15) is 13.2 Å². The molecule has 1 aliphatic heterocycles. The van der Waals surface area contributed by atoms with Crippen LogP contribution in [0, 0.1) is 19.8 Å². The van der Waals surface area contributed by atoms with Gasteiger partial charge in [-0.3, -0.25) is 4.79 Å². The van der Waals surface area contributed by atoms with E-state index >= 15 is 0 Å². The van der Waals surface area contributed by atoms with Gasteiger partial charge in [-0.1, -0.05) is 18.2 Å². The highest BCUT2D eigenvalue weighted by atomic mass is 32.2. The monoisotopic (exact) mass is 340 g/mol. The summed E-state index contributed by atoms with van der Waals surface area (Å²) in [7, 11) is -3.56. The topological polar surface area (TPSA) is 89.7 Å². The number of nitrogens with two attached hydrogens (primary N) is 1. The quantitative estimate of drug-likeness (QED) is 0.843. The first-order chi connectivity index (χ1) is 10.7. The van der Waals surface area contributed by atoms with Crippen molar-refractivity contribution >= 4 is 15.9 Å². The maximum Gasteiger partial charge on any atom is 0.223 e. The van der Waals surface area contributed by atoms with Gasteiger partial charge in [-0.2, -0.15) is 0 Å². The van der Waals surface area contributed by atoms with Gasteiger partial charge in [0.15, 0.2) is 0 Å². The van der Waals surface area contributed by atoms with Crippen molar-refractivity contribution in [2.75, 3.05) is 18.9 Å². The molecule has 6 nitrogen and oxygen atoms in total. The number of hydrogen-bond donors (Lipinski definition) is 1. The van der Waals surface area contributed by atoms with E-state index in [-0.39, 0.29) is 30.0 Å². The minimum absolute atomic E-state index is 0.0451. The van der Waals surface area contributed by atoms with Crippen LogP contribution in [-0.2, 0) is 14.8 Å². The summed E-state index contributed by atoms with van der Waals surface area (Å²) in [4.78, 5) is 13.8. The first-order valence-corrected chi connectivity index (χ1v) is 9.38. The summed E-state index contributed by atoms with van der Waals surface area (Å²) < 4.78 is 28.2. The number of sulfonamides is 1. The van der Waals surface area contributed by atoms with Crippen molar-refractivity contribution in [1.29, 1.82) is 0 Å². The third kappa shape index (κ3) is 4.68. The van der Waals surface area contributed by atoms with Crippen LogP contribution >= 0.6 is 0 Å². The van der Waals surface area contributed by atoms with Gasteiger partial charge in [-0.15, -0.1) is 0 Å². The zero-order valence-electron chi connectivity index (χ0n) is 13.8. The summed E-state index contributed by atoms with van der Waals surface area (Å²) in [5.41, 5.74) is 2.11. The molecular weight excluding hydrogens is 316 g/mol. The molecule has 2 unspecified atom stereocenters. The summed E-state index contributed by atoms with van der Waals surface area (Å²) >= 11 is 0. The lowest BCUT2D eigenvalue weighted by Crippen LogP contribution is -2.39. The number of carbonyl (C=O) groups excluding carboxylic acids is 1. The number of benzene rings is 1. The highest BCUT2D eigenvalue weighted by Gasteiger charge is 2.34. The zero-order valence-corrected chi connectivity index (χ0v) is 14.6. The molecule has 1 aliphatic rings. The van der Waals surface area contributed by atoms with Crippen LogP contribution in [0.3, 0.4) is 0 Å². The number of ether oxygens (including phenoxy) is 1. The van der Waals surface area contributed by atoms with E-state index in [1.165, 1.54) is 0 Å². The number of likely N-dealkylation sites (tertiary alicyclic amines) is 1. The van der Waals surface area contributed by atoms with Gasteiger partial charge in [0.25, 0.3) is 0 Å². The van der Waals surface area contributed by atoms with Gasteiger partial charge >= 0.3 is 0 Å². The van der Waals surface area contributed by atoms with Crippen molar-refractivity contribution in [3.05, 3.63) is 29.3 Å². The molecule has 0 aliphatic carbocycles. The van der Waals surface area contributed by atoms with E-state index in [1.54, 1.807) is 4.90 Å². The molecule has 1 aromatic rings. The van der Waals surface area contributed by atoms with E-state index in [1.807, 2.05) is 39.0 Å². The molecule has 2 rings (SSSR count). The van der Waals surface area contributed by atoms with Crippen LogP contribution < -0.4 is 9.88 Å². The number of carbonyl (C=O) groups is 1. The molecule has 7 heteroatoms. The average molecular weight is 340 g/mol. The van der Waals surface area contributed by atoms with Crippen LogP contribution in [0.2, 0.25) is 0 Å². The Hall–Kier alpha value is -1.60. The second kappa shape index (κ2) is 6.88. The molecule has 2 atom stereocenters. The molecule has 1 amide bonds. The van der Waals surface area contributed by atoms with Crippen molar-refractivity contribution in [3.63, 3.8) is 0 Å². The first-order valence-electron chi connectivity index (χ1n) is 7.66. The lowest BCUT2D eigenvalue weighted by atomic mass is 10.1. The van der Waals surface area contributed by atoms with E-state index < -0.39 is 10.0 Å². The van der Waals surface area contributed by atoms with Crippen LogP contribution in [0.15, 0.2) is 18.2 Å². The van der Waals surface area contributed by atoms with Crippen LogP contribution in [0.5, 0.6) is 5.75 Å². The summed E-state index contributed by atoms with van der Waals surface area (Å²) in [5.74, 6) is 0.406. The number of hydrogen-bond acceptors (Lipinski definition) is 4. The minimum atomic E-state index is -3.56. The van der Waals surface area contributed by atoms with Crippen LogP contribution in [0.25, 0.3) is 0 Å². The maximum atomic E-state index is 12.1. The Balaban J connectivity index is 1.96. The maximum absolute atomic E-state index is 12.1. The van der Waals surface area contributed by atoms with Crippen LogP contribution in [0.1, 0.15) is 24.5 Å². The summed E-state index contributed by atoms with van der Waals surface area (Å²) in [6.07, 6.45) is 0.226. The Kier molecular flexibility index (Phi) is 5.31. The first kappa shape index (κ1) is 17.7. The Morgan fingerprint density at radius 2 is 1.96 bits per heavy atom. The van der Waals surface area contributed by atoms with Gasteiger partial charge in [-0.25, -0.2) is 13.6 Å². The second-order valence-corrected chi connectivity index (χ2v) is 7.99. The van der Waals surface area contributed by atoms with Gasteiger partial charge < -0.3 is 9.64 Å². The Morgan fingerprint density at radius 3 is 2.52 bits per heavy atom. The lowest BCUT2D eigenvalue weighted by Gasteiger charge is -2.25. The van der Waals surface area contributed by atoms with Gasteiger partial charge in [-0.05, 0) is 31.9 Å². The highest BCUT2D eigenvalue weighted by molar-refractivity contribution is 7.89. The van der Waals surface area contributed by atoms with E-state index in [4.69, 9.17) is 9.88 Å². The van der Waals surface area contributed by atoms with Gasteiger partial charge in [0.05, 0.1) is 11.8 Å². The van der Waals surface area contributed by atoms with Gasteiger partial charge in [0.1, 0.15) is 12.4 Å². The molecule has 1 heterocycles. The molecule has 128 valence electrons. The van der Waals surface area contributed by atoms with E-state index in [0.29, 0.717) is 13.2 Å². The molecule has 1 fully saturated rings. The number of amides is 1. The Morgan fingerprint density at radius 1 is 1.35 bits per heavy atom. The Labute approximate surface area is 137 Å². The van der Waals surface area contributed by atoms with Gasteiger partial charge in [0.2, 0.25) is 15.9 Å².